The Labute approximate surface area is 131 Å². The van der Waals surface area contributed by atoms with Gasteiger partial charge in [-0.15, -0.1) is 0 Å². The quantitative estimate of drug-likeness (QED) is 0.886. The molecule has 1 aromatic rings. The highest BCUT2D eigenvalue weighted by molar-refractivity contribution is 6.32. The lowest BCUT2D eigenvalue weighted by molar-refractivity contribution is -0.158. The minimum absolute atomic E-state index is 0.00249. The molecule has 0 aromatic heterocycles. The molecule has 1 aliphatic heterocycles. The summed E-state index contributed by atoms with van der Waals surface area (Å²) in [6.07, 6.45) is -0.00249. The third-order valence-electron chi connectivity index (χ3n) is 3.20. The monoisotopic (exact) mass is 331 g/mol. The van der Waals surface area contributed by atoms with Crippen LogP contribution in [0, 0.1) is 5.82 Å². The van der Waals surface area contributed by atoms with Crippen molar-refractivity contribution in [1.82, 2.24) is 4.90 Å². The summed E-state index contributed by atoms with van der Waals surface area (Å²) >= 11 is 5.80. The Morgan fingerprint density at radius 1 is 1.50 bits per heavy atom. The number of ether oxygens (including phenoxy) is 2. The highest BCUT2D eigenvalue weighted by atomic mass is 35.5. The molecular weight excluding hydrogens is 317 g/mol. The molecular formula is C14H15ClFNO5. The van der Waals surface area contributed by atoms with Crippen molar-refractivity contribution in [3.63, 3.8) is 0 Å². The van der Waals surface area contributed by atoms with Crippen molar-refractivity contribution < 1.29 is 28.6 Å². The standard InChI is InChI=1S/C14H15ClFNO5/c15-10-7-9(16)1-2-12(10)22-5-3-13(18)17-4-6-21-8-11(17)14(19)20/h1-2,7,11H,3-6,8H2,(H,19,20)/t11-/m0/s1. The highest BCUT2D eigenvalue weighted by Gasteiger charge is 2.32. The molecule has 0 bridgehead atoms. The van der Waals surface area contributed by atoms with E-state index in [9.17, 15) is 14.0 Å². The number of amides is 1. The maximum atomic E-state index is 12.9. The topological polar surface area (TPSA) is 76.1 Å². The Bertz CT molecular complexity index is 568. The summed E-state index contributed by atoms with van der Waals surface area (Å²) < 4.78 is 23.3. The molecule has 1 fully saturated rings. The van der Waals surface area contributed by atoms with Gasteiger partial charge in [0.25, 0.3) is 0 Å². The molecule has 120 valence electrons. The van der Waals surface area contributed by atoms with Crippen LogP contribution in [0.25, 0.3) is 0 Å². The van der Waals surface area contributed by atoms with Crippen molar-refractivity contribution in [2.75, 3.05) is 26.4 Å². The van der Waals surface area contributed by atoms with Gasteiger partial charge in [0, 0.05) is 6.54 Å². The van der Waals surface area contributed by atoms with Gasteiger partial charge < -0.3 is 19.5 Å². The van der Waals surface area contributed by atoms with Gasteiger partial charge >= 0.3 is 5.97 Å². The van der Waals surface area contributed by atoms with E-state index >= 15 is 0 Å². The first-order valence-electron chi connectivity index (χ1n) is 6.67. The molecule has 8 heteroatoms. The van der Waals surface area contributed by atoms with Gasteiger partial charge in [-0.3, -0.25) is 4.79 Å². The SMILES string of the molecule is O=C(O)[C@@H]1COCCN1C(=O)CCOc1ccc(F)cc1Cl. The van der Waals surface area contributed by atoms with E-state index in [4.69, 9.17) is 26.2 Å². The summed E-state index contributed by atoms with van der Waals surface area (Å²) in [5, 5.41) is 9.18. The maximum absolute atomic E-state index is 12.9. The Balaban J connectivity index is 1.87. The molecule has 0 unspecified atom stereocenters. The number of carboxylic acid groups (broad SMARTS) is 1. The zero-order valence-electron chi connectivity index (χ0n) is 11.6. The van der Waals surface area contributed by atoms with Crippen LogP contribution in [0.1, 0.15) is 6.42 Å². The van der Waals surface area contributed by atoms with E-state index in [2.05, 4.69) is 0 Å². The molecule has 0 radical (unpaired) electrons. The van der Waals surface area contributed by atoms with Gasteiger partial charge in [0.2, 0.25) is 5.91 Å². The summed E-state index contributed by atoms with van der Waals surface area (Å²) in [4.78, 5) is 24.4. The molecule has 2 rings (SSSR count). The number of benzene rings is 1. The van der Waals surface area contributed by atoms with Gasteiger partial charge in [-0.25, -0.2) is 9.18 Å². The average molecular weight is 332 g/mol. The van der Waals surface area contributed by atoms with E-state index in [0.717, 1.165) is 6.07 Å². The molecule has 0 spiro atoms. The van der Waals surface area contributed by atoms with Crippen LogP contribution in [0.4, 0.5) is 4.39 Å². The van der Waals surface area contributed by atoms with Gasteiger partial charge in [0.05, 0.1) is 31.3 Å². The summed E-state index contributed by atoms with van der Waals surface area (Å²) in [6.45, 7) is 0.535. The van der Waals surface area contributed by atoms with Crippen LogP contribution in [0.5, 0.6) is 5.75 Å². The lowest BCUT2D eigenvalue weighted by Gasteiger charge is -2.32. The third kappa shape index (κ3) is 4.08. The minimum Gasteiger partial charge on any atom is -0.491 e. The van der Waals surface area contributed by atoms with Crippen molar-refractivity contribution in [1.29, 1.82) is 0 Å². The molecule has 22 heavy (non-hydrogen) atoms. The predicted molar refractivity (Wildman–Crippen MR) is 75.5 cm³/mol. The molecule has 1 atom stereocenters. The summed E-state index contributed by atoms with van der Waals surface area (Å²) in [5.74, 6) is -1.65. The number of morpholine rings is 1. The summed E-state index contributed by atoms with van der Waals surface area (Å²) in [7, 11) is 0. The summed E-state index contributed by atoms with van der Waals surface area (Å²) in [6, 6.07) is 2.71. The van der Waals surface area contributed by atoms with Gasteiger partial charge in [-0.1, -0.05) is 11.6 Å². The minimum atomic E-state index is -1.10. The first kappa shape index (κ1) is 16.5. The van der Waals surface area contributed by atoms with Crippen molar-refractivity contribution in [2.24, 2.45) is 0 Å². The predicted octanol–water partition coefficient (Wildman–Crippen LogP) is 1.56. The highest BCUT2D eigenvalue weighted by Crippen LogP contribution is 2.25. The first-order valence-corrected chi connectivity index (χ1v) is 7.04. The van der Waals surface area contributed by atoms with E-state index in [0.29, 0.717) is 6.61 Å². The number of hydrogen-bond donors (Lipinski definition) is 1. The largest absolute Gasteiger partial charge is 0.491 e. The number of rotatable bonds is 5. The van der Waals surface area contributed by atoms with Gasteiger partial charge in [0.1, 0.15) is 11.6 Å². The Kier molecular flexibility index (Phi) is 5.57. The fourth-order valence-electron chi connectivity index (χ4n) is 2.09. The fourth-order valence-corrected chi connectivity index (χ4v) is 2.31. The molecule has 1 aliphatic rings. The lowest BCUT2D eigenvalue weighted by atomic mass is 10.2. The normalized spacial score (nSPS) is 18.1. The van der Waals surface area contributed by atoms with Crippen LogP contribution in [-0.2, 0) is 14.3 Å². The number of nitrogens with zero attached hydrogens (tertiary/aromatic N) is 1. The summed E-state index contributed by atoms with van der Waals surface area (Å²) in [5.41, 5.74) is 0. The molecule has 1 amide bonds. The van der Waals surface area contributed by atoms with Gasteiger partial charge in [-0.05, 0) is 18.2 Å². The van der Waals surface area contributed by atoms with Crippen LogP contribution in [-0.4, -0.2) is 54.3 Å². The smallest absolute Gasteiger partial charge is 0.328 e. The van der Waals surface area contributed by atoms with Crippen LogP contribution in [0.15, 0.2) is 18.2 Å². The molecule has 1 heterocycles. The van der Waals surface area contributed by atoms with Crippen molar-refractivity contribution >= 4 is 23.5 Å². The zero-order chi connectivity index (χ0) is 16.1. The van der Waals surface area contributed by atoms with Crippen LogP contribution >= 0.6 is 11.6 Å². The second-order valence-corrected chi connectivity index (χ2v) is 5.10. The number of carboxylic acids is 1. The van der Waals surface area contributed by atoms with E-state index in [1.807, 2.05) is 0 Å². The van der Waals surface area contributed by atoms with Crippen LogP contribution in [0.2, 0.25) is 5.02 Å². The number of hydrogen-bond acceptors (Lipinski definition) is 4. The molecule has 6 nitrogen and oxygen atoms in total. The lowest BCUT2D eigenvalue weighted by Crippen LogP contribution is -2.52. The van der Waals surface area contributed by atoms with Gasteiger partial charge in [-0.2, -0.15) is 0 Å². The molecule has 1 saturated heterocycles. The Hall–Kier alpha value is -1.86. The Morgan fingerprint density at radius 3 is 2.95 bits per heavy atom. The zero-order valence-corrected chi connectivity index (χ0v) is 12.4. The van der Waals surface area contributed by atoms with Gasteiger partial charge in [0.15, 0.2) is 6.04 Å². The van der Waals surface area contributed by atoms with E-state index in [1.165, 1.54) is 17.0 Å². The number of carbonyl (C=O) groups excluding carboxylic acids is 1. The van der Waals surface area contributed by atoms with Crippen LogP contribution in [0.3, 0.4) is 0 Å². The molecule has 0 aliphatic carbocycles. The average Bonchev–Trinajstić information content (AvgIpc) is 2.49. The molecule has 1 aromatic carbocycles. The second kappa shape index (κ2) is 7.42. The first-order chi connectivity index (χ1) is 10.5. The number of carbonyl (C=O) groups is 2. The third-order valence-corrected chi connectivity index (χ3v) is 3.50. The molecule has 0 saturated carbocycles. The maximum Gasteiger partial charge on any atom is 0.328 e. The van der Waals surface area contributed by atoms with Crippen molar-refractivity contribution in [3.8, 4) is 5.75 Å². The van der Waals surface area contributed by atoms with E-state index < -0.39 is 17.8 Å². The van der Waals surface area contributed by atoms with E-state index in [-0.39, 0.29) is 42.9 Å². The van der Waals surface area contributed by atoms with Crippen molar-refractivity contribution in [3.05, 3.63) is 29.0 Å². The molecule has 1 N–H and O–H groups in total. The fraction of sp³-hybridized carbons (Fsp3) is 0.429. The second-order valence-electron chi connectivity index (χ2n) is 4.69. The Morgan fingerprint density at radius 2 is 2.27 bits per heavy atom. The van der Waals surface area contributed by atoms with Crippen LogP contribution < -0.4 is 4.74 Å². The number of halogens is 2. The van der Waals surface area contributed by atoms with Crippen molar-refractivity contribution in [2.45, 2.75) is 12.5 Å². The number of aliphatic carboxylic acids is 1. The van der Waals surface area contributed by atoms with E-state index in [1.54, 1.807) is 0 Å².